The molecular formula is C21H27NO3S. The normalized spacial score (nSPS) is 15.0. The van der Waals surface area contributed by atoms with Crippen molar-refractivity contribution in [1.82, 2.24) is 4.90 Å². The molecule has 0 saturated carbocycles. The molecule has 5 heteroatoms. The number of nitrogens with zero attached hydrogens (tertiary/aromatic N) is 1. The Kier molecular flexibility index (Phi) is 7.09. The molecule has 26 heavy (non-hydrogen) atoms. The van der Waals surface area contributed by atoms with Gasteiger partial charge in [-0.25, -0.2) is 0 Å². The Hall–Kier alpha value is -1.85. The fourth-order valence-corrected chi connectivity index (χ4v) is 4.04. The Bertz CT molecular complexity index is 663. The van der Waals surface area contributed by atoms with Crippen LogP contribution in [0.2, 0.25) is 0 Å². The predicted octanol–water partition coefficient (Wildman–Crippen LogP) is 3.94. The fourth-order valence-electron chi connectivity index (χ4n) is 3.34. The number of hydrogen-bond acceptors (Lipinski definition) is 4. The average Bonchev–Trinajstić information content (AvgIpc) is 3.18. The first-order valence-electron chi connectivity index (χ1n) is 9.37. The standard InChI is InChI=1S/C21H27NO3S/c1-2-25-19-7-5-17(6-8-19)16-21(23)22(18-10-13-24-14-11-18)12-9-20-4-3-15-26-20/h3-8,15,18H,2,9-14,16H2,1H3. The second-order valence-electron chi connectivity index (χ2n) is 6.51. The quantitative estimate of drug-likeness (QED) is 0.703. The molecule has 3 rings (SSSR count). The van der Waals surface area contributed by atoms with Crippen LogP contribution >= 0.6 is 11.3 Å². The van der Waals surface area contributed by atoms with Gasteiger partial charge in [0.2, 0.25) is 5.91 Å². The number of ether oxygens (including phenoxy) is 2. The number of carbonyl (C=O) groups is 1. The highest BCUT2D eigenvalue weighted by atomic mass is 32.1. The van der Waals surface area contributed by atoms with Crippen molar-refractivity contribution >= 4 is 17.2 Å². The Morgan fingerprint density at radius 1 is 1.23 bits per heavy atom. The third kappa shape index (κ3) is 5.32. The lowest BCUT2D eigenvalue weighted by molar-refractivity contribution is -0.134. The third-order valence-corrected chi connectivity index (χ3v) is 5.66. The Morgan fingerprint density at radius 3 is 2.65 bits per heavy atom. The van der Waals surface area contributed by atoms with Crippen molar-refractivity contribution in [2.24, 2.45) is 0 Å². The Balaban J connectivity index is 1.64. The summed E-state index contributed by atoms with van der Waals surface area (Å²) in [6.07, 6.45) is 3.22. The predicted molar refractivity (Wildman–Crippen MR) is 105 cm³/mol. The van der Waals surface area contributed by atoms with E-state index in [2.05, 4.69) is 22.4 Å². The van der Waals surface area contributed by atoms with Crippen molar-refractivity contribution in [2.75, 3.05) is 26.4 Å². The van der Waals surface area contributed by atoms with Crippen LogP contribution in [0.4, 0.5) is 0 Å². The molecule has 1 aliphatic heterocycles. The summed E-state index contributed by atoms with van der Waals surface area (Å²) in [5, 5.41) is 2.09. The van der Waals surface area contributed by atoms with Gasteiger partial charge in [-0.2, -0.15) is 0 Å². The molecule has 1 fully saturated rings. The Morgan fingerprint density at radius 2 is 2.00 bits per heavy atom. The van der Waals surface area contributed by atoms with Crippen LogP contribution in [-0.4, -0.2) is 43.2 Å². The first-order chi connectivity index (χ1) is 12.8. The van der Waals surface area contributed by atoms with Crippen molar-refractivity contribution in [3.8, 4) is 5.75 Å². The molecule has 1 amide bonds. The number of benzene rings is 1. The van der Waals surface area contributed by atoms with Crippen molar-refractivity contribution < 1.29 is 14.3 Å². The van der Waals surface area contributed by atoms with Crippen molar-refractivity contribution in [3.63, 3.8) is 0 Å². The maximum atomic E-state index is 13.0. The molecule has 140 valence electrons. The van der Waals surface area contributed by atoms with E-state index in [0.29, 0.717) is 19.1 Å². The first-order valence-corrected chi connectivity index (χ1v) is 10.3. The van der Waals surface area contributed by atoms with E-state index in [4.69, 9.17) is 9.47 Å². The van der Waals surface area contributed by atoms with Gasteiger partial charge >= 0.3 is 0 Å². The van der Waals surface area contributed by atoms with Gasteiger partial charge in [0, 0.05) is 30.7 Å². The van der Waals surface area contributed by atoms with Crippen LogP contribution in [0.15, 0.2) is 41.8 Å². The van der Waals surface area contributed by atoms with Crippen LogP contribution in [0.3, 0.4) is 0 Å². The molecule has 0 radical (unpaired) electrons. The van der Waals surface area contributed by atoms with Gasteiger partial charge < -0.3 is 14.4 Å². The lowest BCUT2D eigenvalue weighted by Crippen LogP contribution is -2.45. The summed E-state index contributed by atoms with van der Waals surface area (Å²) >= 11 is 1.76. The lowest BCUT2D eigenvalue weighted by Gasteiger charge is -2.34. The number of hydrogen-bond donors (Lipinski definition) is 0. The number of amides is 1. The van der Waals surface area contributed by atoms with Gasteiger partial charge in [-0.15, -0.1) is 11.3 Å². The van der Waals surface area contributed by atoms with Crippen LogP contribution in [0.1, 0.15) is 30.2 Å². The average molecular weight is 374 g/mol. The largest absolute Gasteiger partial charge is 0.494 e. The smallest absolute Gasteiger partial charge is 0.227 e. The first kappa shape index (κ1) is 18.9. The van der Waals surface area contributed by atoms with Crippen LogP contribution in [-0.2, 0) is 22.4 Å². The molecule has 0 aliphatic carbocycles. The maximum Gasteiger partial charge on any atom is 0.227 e. The number of carbonyl (C=O) groups excluding carboxylic acids is 1. The summed E-state index contributed by atoms with van der Waals surface area (Å²) < 4.78 is 11.0. The second-order valence-corrected chi connectivity index (χ2v) is 7.55. The number of rotatable bonds is 8. The number of thiophene rings is 1. The van der Waals surface area contributed by atoms with E-state index in [9.17, 15) is 4.79 Å². The van der Waals surface area contributed by atoms with E-state index < -0.39 is 0 Å². The zero-order valence-electron chi connectivity index (χ0n) is 15.4. The van der Waals surface area contributed by atoms with Crippen LogP contribution in [0.5, 0.6) is 5.75 Å². The third-order valence-electron chi connectivity index (χ3n) is 4.72. The highest BCUT2D eigenvalue weighted by molar-refractivity contribution is 7.09. The minimum Gasteiger partial charge on any atom is -0.494 e. The van der Waals surface area contributed by atoms with Gasteiger partial charge in [0.15, 0.2) is 0 Å². The molecule has 1 saturated heterocycles. The van der Waals surface area contributed by atoms with E-state index in [-0.39, 0.29) is 5.91 Å². The highest BCUT2D eigenvalue weighted by Gasteiger charge is 2.25. The summed E-state index contributed by atoms with van der Waals surface area (Å²) in [6, 6.07) is 12.4. The highest BCUT2D eigenvalue weighted by Crippen LogP contribution is 2.19. The topological polar surface area (TPSA) is 38.8 Å². The summed E-state index contributed by atoms with van der Waals surface area (Å²) in [7, 11) is 0. The Labute approximate surface area is 159 Å². The van der Waals surface area contributed by atoms with Gasteiger partial charge in [0.05, 0.1) is 13.0 Å². The van der Waals surface area contributed by atoms with Gasteiger partial charge in [-0.05, 0) is 55.3 Å². The SMILES string of the molecule is CCOc1ccc(CC(=O)N(CCc2cccs2)C2CCOCC2)cc1. The summed E-state index contributed by atoms with van der Waals surface area (Å²) in [6.45, 7) is 4.89. The molecule has 4 nitrogen and oxygen atoms in total. The van der Waals surface area contributed by atoms with Crippen molar-refractivity contribution in [1.29, 1.82) is 0 Å². The van der Waals surface area contributed by atoms with Gasteiger partial charge in [-0.3, -0.25) is 4.79 Å². The molecule has 0 atom stereocenters. The van der Waals surface area contributed by atoms with E-state index in [0.717, 1.165) is 50.3 Å². The van der Waals surface area contributed by atoms with Crippen molar-refractivity contribution in [2.45, 2.75) is 38.6 Å². The zero-order chi connectivity index (χ0) is 18.2. The molecule has 2 heterocycles. The molecule has 0 spiro atoms. The van der Waals surface area contributed by atoms with Crippen molar-refractivity contribution in [3.05, 3.63) is 52.2 Å². The lowest BCUT2D eigenvalue weighted by atomic mass is 10.0. The minimum absolute atomic E-state index is 0.206. The zero-order valence-corrected chi connectivity index (χ0v) is 16.2. The van der Waals surface area contributed by atoms with Gasteiger partial charge in [0.25, 0.3) is 0 Å². The van der Waals surface area contributed by atoms with Crippen LogP contribution < -0.4 is 4.74 Å². The van der Waals surface area contributed by atoms with E-state index >= 15 is 0 Å². The minimum atomic E-state index is 0.206. The molecule has 1 aromatic heterocycles. The molecular weight excluding hydrogens is 346 g/mol. The second kappa shape index (κ2) is 9.74. The molecule has 0 N–H and O–H groups in total. The monoisotopic (exact) mass is 373 g/mol. The molecule has 1 aliphatic rings. The van der Waals surface area contributed by atoms with E-state index in [1.807, 2.05) is 31.2 Å². The van der Waals surface area contributed by atoms with Gasteiger partial charge in [-0.1, -0.05) is 18.2 Å². The van der Waals surface area contributed by atoms with Gasteiger partial charge in [0.1, 0.15) is 5.75 Å². The summed E-state index contributed by atoms with van der Waals surface area (Å²) in [4.78, 5) is 16.5. The summed E-state index contributed by atoms with van der Waals surface area (Å²) in [5.74, 6) is 1.06. The molecule has 2 aromatic rings. The molecule has 0 unspecified atom stereocenters. The van der Waals surface area contributed by atoms with E-state index in [1.165, 1.54) is 4.88 Å². The van der Waals surface area contributed by atoms with E-state index in [1.54, 1.807) is 11.3 Å². The fraction of sp³-hybridized carbons (Fsp3) is 0.476. The maximum absolute atomic E-state index is 13.0. The van der Waals surface area contributed by atoms with Crippen LogP contribution in [0, 0.1) is 0 Å². The van der Waals surface area contributed by atoms with Crippen LogP contribution in [0.25, 0.3) is 0 Å². The summed E-state index contributed by atoms with van der Waals surface area (Å²) in [5.41, 5.74) is 1.03. The molecule has 1 aromatic carbocycles. The molecule has 0 bridgehead atoms.